The van der Waals surface area contributed by atoms with Crippen LogP contribution in [0, 0.1) is 10.1 Å². The molecule has 1 aromatic carbocycles. The van der Waals surface area contributed by atoms with Crippen LogP contribution in [0.25, 0.3) is 0 Å². The van der Waals surface area contributed by atoms with Gasteiger partial charge in [0.05, 0.1) is 11.0 Å². The normalized spacial score (nSPS) is 19.0. The molecule has 3 heterocycles. The van der Waals surface area contributed by atoms with Crippen LogP contribution in [0.15, 0.2) is 42.6 Å². The molecule has 1 N–H and O–H groups in total. The molecule has 2 aliphatic heterocycles. The Morgan fingerprint density at radius 1 is 1.20 bits per heavy atom. The van der Waals surface area contributed by atoms with Crippen molar-refractivity contribution in [1.29, 1.82) is 0 Å². The molecule has 158 valence electrons. The minimum atomic E-state index is -0.419. The summed E-state index contributed by atoms with van der Waals surface area (Å²) in [5.74, 6) is 0.588. The lowest BCUT2D eigenvalue weighted by Crippen LogP contribution is -2.47. The number of nitro benzene ring substituents is 1. The molecular weight excluding hydrogens is 386 g/mol. The number of anilines is 2. The van der Waals surface area contributed by atoms with Gasteiger partial charge in [-0.05, 0) is 37.1 Å². The van der Waals surface area contributed by atoms with Crippen molar-refractivity contribution in [3.05, 3.63) is 58.3 Å². The molecular formula is C21H25N5O4. The van der Waals surface area contributed by atoms with Gasteiger partial charge < -0.3 is 19.9 Å². The molecule has 9 nitrogen and oxygen atoms in total. The zero-order chi connectivity index (χ0) is 20.9. The largest absolute Gasteiger partial charge is 0.376 e. The summed E-state index contributed by atoms with van der Waals surface area (Å²) in [6.07, 6.45) is 3.70. The number of benzene rings is 1. The molecule has 0 bridgehead atoms. The highest BCUT2D eigenvalue weighted by Gasteiger charge is 2.26. The van der Waals surface area contributed by atoms with Gasteiger partial charge in [-0.25, -0.2) is 4.98 Å². The van der Waals surface area contributed by atoms with E-state index in [0.29, 0.717) is 31.9 Å². The summed E-state index contributed by atoms with van der Waals surface area (Å²) >= 11 is 0. The SMILES string of the molecule is O=C(NCC1CCCO1)c1ccc(N2CCN(c3ccccn3)CC2)c([N+](=O)[O-])c1. The number of hydrogen-bond acceptors (Lipinski definition) is 7. The van der Waals surface area contributed by atoms with Gasteiger partial charge in [-0.2, -0.15) is 0 Å². The molecule has 0 aliphatic carbocycles. The fourth-order valence-corrected chi connectivity index (χ4v) is 3.91. The minimum absolute atomic E-state index is 0.0265. The van der Waals surface area contributed by atoms with Gasteiger partial charge in [0.25, 0.3) is 11.6 Å². The average molecular weight is 411 g/mol. The quantitative estimate of drug-likeness (QED) is 0.575. The highest BCUT2D eigenvalue weighted by atomic mass is 16.6. The highest BCUT2D eigenvalue weighted by Crippen LogP contribution is 2.30. The third-order valence-electron chi connectivity index (χ3n) is 5.54. The summed E-state index contributed by atoms with van der Waals surface area (Å²) in [4.78, 5) is 32.2. The van der Waals surface area contributed by atoms with E-state index in [0.717, 1.165) is 31.7 Å². The van der Waals surface area contributed by atoms with Crippen LogP contribution in [0.5, 0.6) is 0 Å². The molecule has 0 radical (unpaired) electrons. The zero-order valence-electron chi connectivity index (χ0n) is 16.7. The van der Waals surface area contributed by atoms with E-state index < -0.39 is 4.92 Å². The Labute approximate surface area is 174 Å². The third-order valence-corrected chi connectivity index (χ3v) is 5.54. The number of piperazine rings is 1. The fourth-order valence-electron chi connectivity index (χ4n) is 3.91. The van der Waals surface area contributed by atoms with Crippen LogP contribution in [0.4, 0.5) is 17.2 Å². The molecule has 1 atom stereocenters. The Balaban J connectivity index is 1.43. The number of nitrogens with zero attached hydrogens (tertiary/aromatic N) is 4. The van der Waals surface area contributed by atoms with E-state index in [9.17, 15) is 14.9 Å². The van der Waals surface area contributed by atoms with Gasteiger partial charge >= 0.3 is 0 Å². The Kier molecular flexibility index (Phi) is 6.08. The zero-order valence-corrected chi connectivity index (χ0v) is 16.7. The highest BCUT2D eigenvalue weighted by molar-refractivity contribution is 5.95. The van der Waals surface area contributed by atoms with Crippen LogP contribution in [0.3, 0.4) is 0 Å². The van der Waals surface area contributed by atoms with Crippen molar-refractivity contribution in [3.63, 3.8) is 0 Å². The third kappa shape index (κ3) is 4.51. The Morgan fingerprint density at radius 3 is 2.67 bits per heavy atom. The summed E-state index contributed by atoms with van der Waals surface area (Å²) in [7, 11) is 0. The van der Waals surface area contributed by atoms with E-state index in [1.807, 2.05) is 23.1 Å². The van der Waals surface area contributed by atoms with Gasteiger partial charge in [-0.1, -0.05) is 6.07 Å². The second-order valence-electron chi connectivity index (χ2n) is 7.47. The molecule has 2 saturated heterocycles. The minimum Gasteiger partial charge on any atom is -0.376 e. The van der Waals surface area contributed by atoms with E-state index in [-0.39, 0.29) is 23.3 Å². The van der Waals surface area contributed by atoms with E-state index in [4.69, 9.17) is 4.74 Å². The Hall–Kier alpha value is -3.20. The van der Waals surface area contributed by atoms with Crippen LogP contribution in [0.2, 0.25) is 0 Å². The van der Waals surface area contributed by atoms with E-state index in [1.165, 1.54) is 6.07 Å². The molecule has 4 rings (SSSR count). The van der Waals surface area contributed by atoms with Crippen LogP contribution in [0.1, 0.15) is 23.2 Å². The van der Waals surface area contributed by atoms with Crippen molar-refractivity contribution >= 4 is 23.1 Å². The molecule has 30 heavy (non-hydrogen) atoms. The monoisotopic (exact) mass is 411 g/mol. The van der Waals surface area contributed by atoms with Gasteiger partial charge in [0.1, 0.15) is 11.5 Å². The molecule has 2 aromatic rings. The summed E-state index contributed by atoms with van der Waals surface area (Å²) in [6.45, 7) is 3.86. The average Bonchev–Trinajstić information content (AvgIpc) is 3.31. The van der Waals surface area contributed by atoms with Crippen molar-refractivity contribution in [2.75, 3.05) is 49.1 Å². The molecule has 1 unspecified atom stereocenters. The van der Waals surface area contributed by atoms with Crippen molar-refractivity contribution in [3.8, 4) is 0 Å². The second-order valence-corrected chi connectivity index (χ2v) is 7.47. The molecule has 2 aliphatic rings. The van der Waals surface area contributed by atoms with Gasteiger partial charge in [0.15, 0.2) is 0 Å². The standard InChI is InChI=1S/C21H25N5O4/c27-21(23-15-17-4-3-13-30-17)16-6-7-18(19(14-16)26(28)29)24-9-11-25(12-10-24)20-5-1-2-8-22-20/h1-2,5-8,14,17H,3-4,9-13,15H2,(H,23,27). The lowest BCUT2D eigenvalue weighted by Gasteiger charge is -2.36. The number of carbonyl (C=O) groups is 1. The number of nitro groups is 1. The van der Waals surface area contributed by atoms with Gasteiger partial charge in [0.2, 0.25) is 0 Å². The predicted molar refractivity (Wildman–Crippen MR) is 113 cm³/mol. The number of rotatable bonds is 6. The van der Waals surface area contributed by atoms with Crippen LogP contribution in [-0.4, -0.2) is 61.2 Å². The van der Waals surface area contributed by atoms with E-state index in [1.54, 1.807) is 18.3 Å². The smallest absolute Gasteiger partial charge is 0.293 e. The van der Waals surface area contributed by atoms with Gasteiger partial charge in [-0.15, -0.1) is 0 Å². The molecule has 2 fully saturated rings. The number of carbonyl (C=O) groups excluding carboxylic acids is 1. The van der Waals surface area contributed by atoms with Crippen molar-refractivity contribution < 1.29 is 14.5 Å². The maximum Gasteiger partial charge on any atom is 0.293 e. The summed E-state index contributed by atoms with van der Waals surface area (Å²) < 4.78 is 5.50. The topological polar surface area (TPSA) is 101 Å². The fraction of sp³-hybridized carbons (Fsp3) is 0.429. The molecule has 1 aromatic heterocycles. The number of pyridine rings is 1. The number of aromatic nitrogens is 1. The van der Waals surface area contributed by atoms with Crippen molar-refractivity contribution in [2.24, 2.45) is 0 Å². The van der Waals surface area contributed by atoms with Crippen LogP contribution in [-0.2, 0) is 4.74 Å². The first-order chi connectivity index (χ1) is 14.6. The lowest BCUT2D eigenvalue weighted by molar-refractivity contribution is -0.384. The van der Waals surface area contributed by atoms with Crippen LogP contribution >= 0.6 is 0 Å². The number of hydrogen-bond donors (Lipinski definition) is 1. The molecule has 9 heteroatoms. The first kappa shape index (κ1) is 20.1. The molecule has 1 amide bonds. The van der Waals surface area contributed by atoms with Gasteiger partial charge in [0, 0.05) is 57.2 Å². The van der Waals surface area contributed by atoms with Crippen molar-refractivity contribution in [2.45, 2.75) is 18.9 Å². The summed E-state index contributed by atoms with van der Waals surface area (Å²) in [5, 5.41) is 14.5. The summed E-state index contributed by atoms with van der Waals surface area (Å²) in [6, 6.07) is 10.5. The van der Waals surface area contributed by atoms with E-state index in [2.05, 4.69) is 15.2 Å². The van der Waals surface area contributed by atoms with Crippen molar-refractivity contribution in [1.82, 2.24) is 10.3 Å². The maximum atomic E-state index is 12.4. The molecule has 0 spiro atoms. The van der Waals surface area contributed by atoms with Crippen LogP contribution < -0.4 is 15.1 Å². The number of amides is 1. The van der Waals surface area contributed by atoms with E-state index >= 15 is 0 Å². The first-order valence-electron chi connectivity index (χ1n) is 10.2. The Bertz CT molecular complexity index is 894. The number of ether oxygens (including phenoxy) is 1. The Morgan fingerprint density at radius 2 is 2.00 bits per heavy atom. The molecule has 0 saturated carbocycles. The first-order valence-corrected chi connectivity index (χ1v) is 10.2. The predicted octanol–water partition coefficient (Wildman–Crippen LogP) is 2.23. The number of nitrogens with one attached hydrogen (secondary N) is 1. The van der Waals surface area contributed by atoms with Gasteiger partial charge in [-0.3, -0.25) is 14.9 Å². The summed E-state index contributed by atoms with van der Waals surface area (Å²) in [5.41, 5.74) is 0.776. The second kappa shape index (κ2) is 9.08. The lowest BCUT2D eigenvalue weighted by atomic mass is 10.1. The maximum absolute atomic E-state index is 12.4.